The van der Waals surface area contributed by atoms with Gasteiger partial charge in [0.05, 0.1) is 5.71 Å². The Kier molecular flexibility index (Phi) is 7.69. The van der Waals surface area contributed by atoms with E-state index in [-0.39, 0.29) is 5.97 Å². The molecule has 1 saturated carbocycles. The molecule has 0 aliphatic heterocycles. The molecule has 0 unspecified atom stereocenters. The summed E-state index contributed by atoms with van der Waals surface area (Å²) in [5.41, 5.74) is 1.07. The van der Waals surface area contributed by atoms with Crippen LogP contribution in [-0.2, 0) is 9.63 Å². The summed E-state index contributed by atoms with van der Waals surface area (Å²) in [6.07, 6.45) is 12.0. The molecule has 0 atom stereocenters. The summed E-state index contributed by atoms with van der Waals surface area (Å²) in [5.74, 6) is -0.167. The predicted molar refractivity (Wildman–Crippen MR) is 70.0 cm³/mol. The third-order valence-electron chi connectivity index (χ3n) is 3.19. The first-order chi connectivity index (χ1) is 8.33. The summed E-state index contributed by atoms with van der Waals surface area (Å²) in [6, 6.07) is 0. The van der Waals surface area contributed by atoms with Crippen LogP contribution in [0.25, 0.3) is 0 Å². The average Bonchev–Trinajstić information content (AvgIpc) is 2.37. The van der Waals surface area contributed by atoms with Crippen LogP contribution in [-0.4, -0.2) is 11.7 Å². The number of hydrogen-bond donors (Lipinski definition) is 0. The molecule has 0 aromatic carbocycles. The minimum Gasteiger partial charge on any atom is -0.318 e. The molecule has 17 heavy (non-hydrogen) atoms. The van der Waals surface area contributed by atoms with Crippen LogP contribution in [0.2, 0.25) is 0 Å². The lowest BCUT2D eigenvalue weighted by atomic mass is 9.99. The van der Waals surface area contributed by atoms with Crippen LogP contribution in [0.1, 0.15) is 77.6 Å². The molecular weight excluding hydrogens is 214 g/mol. The Hall–Kier alpha value is -0.860. The van der Waals surface area contributed by atoms with E-state index >= 15 is 0 Å². The van der Waals surface area contributed by atoms with E-state index in [1.807, 2.05) is 0 Å². The van der Waals surface area contributed by atoms with Gasteiger partial charge in [0.25, 0.3) is 0 Å². The molecule has 1 aliphatic carbocycles. The number of unbranched alkanes of at least 4 members (excludes halogenated alkanes) is 4. The van der Waals surface area contributed by atoms with Crippen molar-refractivity contribution >= 4 is 11.7 Å². The molecule has 0 amide bonds. The third kappa shape index (κ3) is 7.14. The first-order valence-electron chi connectivity index (χ1n) is 7.08. The van der Waals surface area contributed by atoms with Gasteiger partial charge in [0.2, 0.25) is 0 Å². The fourth-order valence-electron chi connectivity index (χ4n) is 2.09. The topological polar surface area (TPSA) is 38.7 Å². The largest absolute Gasteiger partial charge is 0.335 e. The summed E-state index contributed by atoms with van der Waals surface area (Å²) in [5, 5.41) is 3.97. The quantitative estimate of drug-likeness (QED) is 0.379. The Bertz CT molecular complexity index is 241. The highest BCUT2D eigenvalue weighted by Gasteiger charge is 2.08. The molecule has 1 aliphatic rings. The Morgan fingerprint density at radius 3 is 2.53 bits per heavy atom. The summed E-state index contributed by atoms with van der Waals surface area (Å²) < 4.78 is 0. The van der Waals surface area contributed by atoms with Gasteiger partial charge in [0, 0.05) is 6.42 Å². The lowest BCUT2D eigenvalue weighted by Gasteiger charge is -2.10. The van der Waals surface area contributed by atoms with E-state index in [2.05, 4.69) is 12.1 Å². The summed E-state index contributed by atoms with van der Waals surface area (Å²) >= 11 is 0. The van der Waals surface area contributed by atoms with Crippen molar-refractivity contribution in [2.24, 2.45) is 5.16 Å². The van der Waals surface area contributed by atoms with E-state index < -0.39 is 0 Å². The fraction of sp³-hybridized carbons (Fsp3) is 0.857. The van der Waals surface area contributed by atoms with Gasteiger partial charge >= 0.3 is 5.97 Å². The second-order valence-electron chi connectivity index (χ2n) is 4.85. The van der Waals surface area contributed by atoms with Crippen LogP contribution in [0.5, 0.6) is 0 Å². The first-order valence-corrected chi connectivity index (χ1v) is 7.08. The summed E-state index contributed by atoms with van der Waals surface area (Å²) in [4.78, 5) is 16.3. The van der Waals surface area contributed by atoms with E-state index in [0.717, 1.165) is 31.4 Å². The van der Waals surface area contributed by atoms with Crippen molar-refractivity contribution < 1.29 is 9.63 Å². The van der Waals surface area contributed by atoms with Crippen LogP contribution in [0.4, 0.5) is 0 Å². The maximum atomic E-state index is 11.4. The van der Waals surface area contributed by atoms with Crippen LogP contribution in [0.15, 0.2) is 5.16 Å². The van der Waals surface area contributed by atoms with Gasteiger partial charge in [0.1, 0.15) is 0 Å². The van der Waals surface area contributed by atoms with Crippen molar-refractivity contribution in [1.82, 2.24) is 0 Å². The van der Waals surface area contributed by atoms with Crippen LogP contribution < -0.4 is 0 Å². The molecule has 0 bridgehead atoms. The Morgan fingerprint density at radius 1 is 1.12 bits per heavy atom. The third-order valence-corrected chi connectivity index (χ3v) is 3.19. The van der Waals surface area contributed by atoms with E-state index in [1.54, 1.807) is 0 Å². The van der Waals surface area contributed by atoms with Gasteiger partial charge in [-0.1, -0.05) is 44.2 Å². The van der Waals surface area contributed by atoms with Gasteiger partial charge in [0.15, 0.2) is 0 Å². The Labute approximate surface area is 105 Å². The molecule has 0 N–H and O–H groups in total. The molecule has 1 fully saturated rings. The lowest BCUT2D eigenvalue weighted by Crippen LogP contribution is -2.08. The van der Waals surface area contributed by atoms with Crippen molar-refractivity contribution in [3.05, 3.63) is 0 Å². The smallest absolute Gasteiger partial charge is 0.318 e. The van der Waals surface area contributed by atoms with Crippen molar-refractivity contribution in [2.75, 3.05) is 0 Å². The van der Waals surface area contributed by atoms with Crippen molar-refractivity contribution in [1.29, 1.82) is 0 Å². The number of hydrogen-bond acceptors (Lipinski definition) is 3. The number of oxime groups is 1. The van der Waals surface area contributed by atoms with Gasteiger partial charge in [-0.2, -0.15) is 0 Å². The zero-order valence-electron chi connectivity index (χ0n) is 11.0. The summed E-state index contributed by atoms with van der Waals surface area (Å²) in [7, 11) is 0. The minimum atomic E-state index is -0.167. The van der Waals surface area contributed by atoms with Crippen molar-refractivity contribution in [2.45, 2.75) is 77.6 Å². The maximum absolute atomic E-state index is 11.4. The molecule has 0 heterocycles. The second-order valence-corrected chi connectivity index (χ2v) is 4.85. The summed E-state index contributed by atoms with van der Waals surface area (Å²) in [6.45, 7) is 2.19. The number of carbonyl (C=O) groups excluding carboxylic acids is 1. The Morgan fingerprint density at radius 2 is 1.82 bits per heavy atom. The van der Waals surface area contributed by atoms with Gasteiger partial charge < -0.3 is 4.84 Å². The van der Waals surface area contributed by atoms with Gasteiger partial charge in [-0.05, 0) is 32.1 Å². The van der Waals surface area contributed by atoms with Gasteiger partial charge in [-0.25, -0.2) is 4.79 Å². The molecule has 98 valence electrons. The number of rotatable bonds is 7. The minimum absolute atomic E-state index is 0.167. The van der Waals surface area contributed by atoms with Crippen molar-refractivity contribution in [3.63, 3.8) is 0 Å². The predicted octanol–water partition coefficient (Wildman–Crippen LogP) is 4.21. The maximum Gasteiger partial charge on any atom is 0.335 e. The standard InChI is InChI=1S/C14H25NO2/c1-2-3-4-5-9-12-14(16)17-15-13-10-7-6-8-11-13/h2-12H2,1H3. The molecule has 3 nitrogen and oxygen atoms in total. The molecule has 1 rings (SSSR count). The van der Waals surface area contributed by atoms with E-state index in [4.69, 9.17) is 4.84 Å². The molecule has 0 spiro atoms. The zero-order valence-corrected chi connectivity index (χ0v) is 11.0. The highest BCUT2D eigenvalue weighted by atomic mass is 16.7. The SMILES string of the molecule is CCCCCCCC(=O)ON=C1CCCCC1. The van der Waals surface area contributed by atoms with E-state index in [0.29, 0.717) is 6.42 Å². The molecule has 3 heteroatoms. The molecule has 0 saturated heterocycles. The first kappa shape index (κ1) is 14.2. The monoisotopic (exact) mass is 239 g/mol. The van der Waals surface area contributed by atoms with Gasteiger partial charge in [-0.3, -0.25) is 0 Å². The van der Waals surface area contributed by atoms with Crippen LogP contribution in [0, 0.1) is 0 Å². The van der Waals surface area contributed by atoms with E-state index in [1.165, 1.54) is 38.5 Å². The van der Waals surface area contributed by atoms with Gasteiger partial charge in [-0.15, -0.1) is 0 Å². The molecule has 0 aromatic heterocycles. The zero-order chi connectivity index (χ0) is 12.3. The van der Waals surface area contributed by atoms with E-state index in [9.17, 15) is 4.79 Å². The van der Waals surface area contributed by atoms with Crippen LogP contribution in [0.3, 0.4) is 0 Å². The Balaban J connectivity index is 2.04. The number of nitrogens with zero attached hydrogens (tertiary/aromatic N) is 1. The average molecular weight is 239 g/mol. The van der Waals surface area contributed by atoms with Crippen LogP contribution >= 0.6 is 0 Å². The second kappa shape index (κ2) is 9.20. The molecule has 0 radical (unpaired) electrons. The lowest BCUT2D eigenvalue weighted by molar-refractivity contribution is -0.143. The van der Waals surface area contributed by atoms with Crippen molar-refractivity contribution in [3.8, 4) is 0 Å². The molecule has 0 aromatic rings. The normalized spacial score (nSPS) is 15.7. The highest BCUT2D eigenvalue weighted by Crippen LogP contribution is 2.15. The highest BCUT2D eigenvalue weighted by molar-refractivity contribution is 5.85. The fourth-order valence-corrected chi connectivity index (χ4v) is 2.09. The molecular formula is C14H25NO2. The number of carbonyl (C=O) groups is 1.